The van der Waals surface area contributed by atoms with Crippen molar-refractivity contribution in [3.05, 3.63) is 65.7 Å². The molecular weight excluding hydrogens is 344 g/mol. The second-order valence-corrected chi connectivity index (χ2v) is 8.12. The maximum Gasteiger partial charge on any atom is 0.233 e. The Labute approximate surface area is 158 Å². The number of carbonyl (C=O) groups is 1. The number of benzene rings is 2. The van der Waals surface area contributed by atoms with Gasteiger partial charge in [-0.2, -0.15) is 0 Å². The van der Waals surface area contributed by atoms with Crippen LogP contribution in [0, 0.1) is 0 Å². The largest absolute Gasteiger partial charge is 0.374 e. The highest BCUT2D eigenvalue weighted by atomic mass is 32.2. The molecule has 26 heavy (non-hydrogen) atoms. The van der Waals surface area contributed by atoms with Crippen molar-refractivity contribution < 1.29 is 9.53 Å². The zero-order valence-electron chi connectivity index (χ0n) is 14.8. The maximum absolute atomic E-state index is 12.5. The topological polar surface area (TPSA) is 41.6 Å². The first-order chi connectivity index (χ1) is 12.8. The van der Waals surface area contributed by atoms with Gasteiger partial charge in [0, 0.05) is 31.1 Å². The van der Waals surface area contributed by atoms with Crippen LogP contribution in [0.1, 0.15) is 11.1 Å². The molecule has 136 valence electrons. The quantitative estimate of drug-likeness (QED) is 0.881. The first-order valence-electron chi connectivity index (χ1n) is 9.18. The molecule has 2 aromatic rings. The highest BCUT2D eigenvalue weighted by Crippen LogP contribution is 2.36. The molecule has 0 spiro atoms. The maximum atomic E-state index is 12.5. The van der Waals surface area contributed by atoms with Gasteiger partial charge in [0.25, 0.3) is 0 Å². The third-order valence-corrected chi connectivity index (χ3v) is 6.23. The van der Waals surface area contributed by atoms with Crippen LogP contribution in [0.25, 0.3) is 0 Å². The summed E-state index contributed by atoms with van der Waals surface area (Å²) in [5, 5.41) is 3.08. The zero-order chi connectivity index (χ0) is 17.8. The van der Waals surface area contributed by atoms with Crippen molar-refractivity contribution in [2.24, 2.45) is 0 Å². The van der Waals surface area contributed by atoms with Crippen molar-refractivity contribution in [2.75, 3.05) is 26.2 Å². The summed E-state index contributed by atoms with van der Waals surface area (Å²) in [6.07, 6.45) is 0.878. The summed E-state index contributed by atoms with van der Waals surface area (Å²) < 4.78 is 5.86. The molecule has 1 N–H and O–H groups in total. The highest BCUT2D eigenvalue weighted by Gasteiger charge is 2.29. The van der Waals surface area contributed by atoms with E-state index in [0.717, 1.165) is 32.7 Å². The van der Waals surface area contributed by atoms with Gasteiger partial charge in [-0.1, -0.05) is 48.5 Å². The Morgan fingerprint density at radius 1 is 1.15 bits per heavy atom. The molecule has 2 aliphatic heterocycles. The number of carbonyl (C=O) groups excluding carboxylic acids is 1. The number of rotatable bonds is 5. The van der Waals surface area contributed by atoms with E-state index in [-0.39, 0.29) is 17.3 Å². The lowest BCUT2D eigenvalue weighted by atomic mass is 10.1. The number of morpholine rings is 1. The number of hydrogen-bond acceptors (Lipinski definition) is 4. The van der Waals surface area contributed by atoms with Crippen LogP contribution in [0.3, 0.4) is 0 Å². The summed E-state index contributed by atoms with van der Waals surface area (Å²) in [5.41, 5.74) is 2.60. The van der Waals surface area contributed by atoms with E-state index in [1.807, 2.05) is 18.2 Å². The van der Waals surface area contributed by atoms with E-state index >= 15 is 0 Å². The van der Waals surface area contributed by atoms with Gasteiger partial charge in [-0.05, 0) is 23.6 Å². The minimum absolute atomic E-state index is 0.0172. The highest BCUT2D eigenvalue weighted by molar-refractivity contribution is 8.01. The van der Waals surface area contributed by atoms with Gasteiger partial charge in [0.2, 0.25) is 5.91 Å². The predicted molar refractivity (Wildman–Crippen MR) is 104 cm³/mol. The third-order valence-electron chi connectivity index (χ3n) is 4.92. The number of fused-ring (bicyclic) bond motifs is 1. The van der Waals surface area contributed by atoms with Gasteiger partial charge < -0.3 is 10.1 Å². The van der Waals surface area contributed by atoms with E-state index in [1.165, 1.54) is 16.0 Å². The predicted octanol–water partition coefficient (Wildman–Crippen LogP) is 2.72. The summed E-state index contributed by atoms with van der Waals surface area (Å²) in [5.74, 6) is 0.120. The van der Waals surface area contributed by atoms with Crippen molar-refractivity contribution in [2.45, 2.75) is 29.2 Å². The van der Waals surface area contributed by atoms with Gasteiger partial charge in [-0.15, -0.1) is 11.8 Å². The molecule has 0 bridgehead atoms. The number of amides is 1. The molecule has 2 aromatic carbocycles. The van der Waals surface area contributed by atoms with Crippen molar-refractivity contribution in [1.29, 1.82) is 0 Å². The van der Waals surface area contributed by atoms with Gasteiger partial charge in [0.1, 0.15) is 0 Å². The summed E-state index contributed by atoms with van der Waals surface area (Å²) in [4.78, 5) is 16.2. The van der Waals surface area contributed by atoms with Crippen LogP contribution in [0.5, 0.6) is 0 Å². The Morgan fingerprint density at radius 2 is 1.96 bits per heavy atom. The standard InChI is InChI=1S/C21H24N2O2S/c24-21(20-12-17-8-4-5-9-19(17)26-20)22-13-18-15-23(10-11-25-18)14-16-6-2-1-3-7-16/h1-9,18,20H,10-15H2,(H,22,24). The minimum Gasteiger partial charge on any atom is -0.374 e. The Morgan fingerprint density at radius 3 is 2.81 bits per heavy atom. The van der Waals surface area contributed by atoms with Crippen molar-refractivity contribution >= 4 is 17.7 Å². The number of nitrogens with zero attached hydrogens (tertiary/aromatic N) is 1. The van der Waals surface area contributed by atoms with Crippen molar-refractivity contribution in [3.8, 4) is 0 Å². The van der Waals surface area contributed by atoms with Crippen molar-refractivity contribution in [3.63, 3.8) is 0 Å². The Kier molecular flexibility index (Phi) is 5.58. The van der Waals surface area contributed by atoms with E-state index in [1.54, 1.807) is 11.8 Å². The number of hydrogen-bond donors (Lipinski definition) is 1. The second-order valence-electron chi connectivity index (χ2n) is 6.88. The summed E-state index contributed by atoms with van der Waals surface area (Å²) in [6.45, 7) is 4.03. The molecular formula is C21H24N2O2S. The fourth-order valence-corrected chi connectivity index (χ4v) is 4.77. The third kappa shape index (κ3) is 4.29. The van der Waals surface area contributed by atoms with Gasteiger partial charge in [-0.3, -0.25) is 9.69 Å². The molecule has 4 nitrogen and oxygen atoms in total. The lowest BCUT2D eigenvalue weighted by Gasteiger charge is -2.33. The average Bonchev–Trinajstić information content (AvgIpc) is 3.12. The molecule has 2 unspecified atom stereocenters. The van der Waals surface area contributed by atoms with Crippen LogP contribution in [-0.4, -0.2) is 48.4 Å². The first-order valence-corrected chi connectivity index (χ1v) is 10.1. The van der Waals surface area contributed by atoms with Crippen LogP contribution in [0.2, 0.25) is 0 Å². The van der Waals surface area contributed by atoms with Crippen LogP contribution < -0.4 is 5.32 Å². The summed E-state index contributed by atoms with van der Waals surface area (Å²) >= 11 is 1.67. The lowest BCUT2D eigenvalue weighted by Crippen LogP contribution is -2.48. The molecule has 0 aliphatic carbocycles. The number of ether oxygens (including phenoxy) is 1. The van der Waals surface area contributed by atoms with Crippen molar-refractivity contribution in [1.82, 2.24) is 10.2 Å². The van der Waals surface area contributed by atoms with E-state index in [2.05, 4.69) is 46.6 Å². The molecule has 1 amide bonds. The molecule has 2 heterocycles. The Balaban J connectivity index is 1.25. The van der Waals surface area contributed by atoms with Gasteiger partial charge in [0.05, 0.1) is 18.0 Å². The Hall–Kier alpha value is -1.82. The monoisotopic (exact) mass is 368 g/mol. The number of nitrogens with one attached hydrogen (secondary N) is 1. The van der Waals surface area contributed by atoms with Crippen LogP contribution >= 0.6 is 11.8 Å². The summed E-state index contributed by atoms with van der Waals surface area (Å²) in [7, 11) is 0. The van der Waals surface area contributed by atoms with Crippen LogP contribution in [-0.2, 0) is 22.5 Å². The lowest BCUT2D eigenvalue weighted by molar-refractivity contribution is -0.121. The smallest absolute Gasteiger partial charge is 0.233 e. The zero-order valence-corrected chi connectivity index (χ0v) is 15.6. The SMILES string of the molecule is O=C(NCC1CN(Cc2ccccc2)CCO1)C1Cc2ccccc2S1. The number of thioether (sulfide) groups is 1. The molecule has 0 radical (unpaired) electrons. The summed E-state index contributed by atoms with van der Waals surface area (Å²) in [6, 6.07) is 18.8. The molecule has 2 aliphatic rings. The van der Waals surface area contributed by atoms with E-state index in [4.69, 9.17) is 4.74 Å². The molecule has 4 rings (SSSR count). The molecule has 0 aromatic heterocycles. The normalized spacial score (nSPS) is 22.8. The minimum atomic E-state index is -0.0172. The fourth-order valence-electron chi connectivity index (χ4n) is 3.55. The Bertz CT molecular complexity index is 728. The van der Waals surface area contributed by atoms with E-state index < -0.39 is 0 Å². The molecule has 0 saturated carbocycles. The molecule has 5 heteroatoms. The second kappa shape index (κ2) is 8.25. The molecule has 1 saturated heterocycles. The van der Waals surface area contributed by atoms with Gasteiger partial charge in [0.15, 0.2) is 0 Å². The fraction of sp³-hybridized carbons (Fsp3) is 0.381. The molecule has 1 fully saturated rings. The van der Waals surface area contributed by atoms with Crippen LogP contribution in [0.15, 0.2) is 59.5 Å². The van der Waals surface area contributed by atoms with Gasteiger partial charge in [-0.25, -0.2) is 0 Å². The van der Waals surface area contributed by atoms with E-state index in [9.17, 15) is 4.79 Å². The van der Waals surface area contributed by atoms with Gasteiger partial charge >= 0.3 is 0 Å². The van der Waals surface area contributed by atoms with Crippen LogP contribution in [0.4, 0.5) is 0 Å². The van der Waals surface area contributed by atoms with E-state index in [0.29, 0.717) is 6.54 Å². The average molecular weight is 369 g/mol. The first kappa shape index (κ1) is 17.6. The molecule has 2 atom stereocenters.